The molecule has 3 amide bonds. The number of nitrogens with zero attached hydrogens (tertiary/aromatic N) is 3. The van der Waals surface area contributed by atoms with Crippen molar-refractivity contribution in [2.75, 3.05) is 33.6 Å². The first-order valence-electron chi connectivity index (χ1n) is 10.2. The Morgan fingerprint density at radius 2 is 1.76 bits per heavy atom. The van der Waals surface area contributed by atoms with E-state index in [1.54, 1.807) is 33.5 Å². The average Bonchev–Trinajstić information content (AvgIpc) is 3.43. The van der Waals surface area contributed by atoms with Gasteiger partial charge in [0.05, 0.1) is 38.8 Å². The quantitative estimate of drug-likeness (QED) is 0.615. The Morgan fingerprint density at radius 3 is 2.36 bits per heavy atom. The van der Waals surface area contributed by atoms with Crippen molar-refractivity contribution in [2.24, 2.45) is 5.10 Å². The van der Waals surface area contributed by atoms with E-state index in [9.17, 15) is 14.4 Å². The second-order valence-corrected chi connectivity index (χ2v) is 8.31. The van der Waals surface area contributed by atoms with E-state index in [0.717, 1.165) is 27.8 Å². The predicted molar refractivity (Wildman–Crippen MR) is 123 cm³/mol. The molecule has 1 atom stereocenters. The molecule has 1 unspecified atom stereocenters. The zero-order valence-corrected chi connectivity index (χ0v) is 19.3. The van der Waals surface area contributed by atoms with Gasteiger partial charge in [0.2, 0.25) is 5.91 Å². The molecule has 2 aromatic rings. The standard InChI is InChI=1S/C23H23N3O6S/c1-30-16-7-4-14(5-8-16)17-11-18(15-6-9-19(31-2)20(10-15)32-3)26(24-17)21(27)12-25-22(28)13-33-23(25)29/h4-10,18H,11-13H2,1-3H3. The molecule has 0 N–H and O–H groups in total. The van der Waals surface area contributed by atoms with Crippen molar-refractivity contribution in [3.05, 3.63) is 53.6 Å². The molecular weight excluding hydrogens is 446 g/mol. The summed E-state index contributed by atoms with van der Waals surface area (Å²) in [5, 5.41) is 5.52. The lowest BCUT2D eigenvalue weighted by molar-refractivity contribution is -0.137. The van der Waals surface area contributed by atoms with E-state index in [2.05, 4.69) is 5.10 Å². The normalized spacial score (nSPS) is 17.9. The zero-order valence-electron chi connectivity index (χ0n) is 18.4. The Hall–Kier alpha value is -3.53. The van der Waals surface area contributed by atoms with Gasteiger partial charge in [0, 0.05) is 6.42 Å². The number of amides is 3. The summed E-state index contributed by atoms with van der Waals surface area (Å²) in [4.78, 5) is 38.2. The number of rotatable bonds is 7. The van der Waals surface area contributed by atoms with Gasteiger partial charge in [0.25, 0.3) is 11.1 Å². The number of hydrazone groups is 1. The van der Waals surface area contributed by atoms with Gasteiger partial charge in [-0.25, -0.2) is 5.01 Å². The summed E-state index contributed by atoms with van der Waals surface area (Å²) < 4.78 is 16.0. The molecule has 0 bridgehead atoms. The highest BCUT2D eigenvalue weighted by molar-refractivity contribution is 8.14. The number of thioether (sulfide) groups is 1. The summed E-state index contributed by atoms with van der Waals surface area (Å²) >= 11 is 0.894. The number of imide groups is 1. The second-order valence-electron chi connectivity index (χ2n) is 7.38. The molecule has 33 heavy (non-hydrogen) atoms. The van der Waals surface area contributed by atoms with E-state index < -0.39 is 17.2 Å². The van der Waals surface area contributed by atoms with Crippen molar-refractivity contribution in [1.82, 2.24) is 9.91 Å². The largest absolute Gasteiger partial charge is 0.497 e. The van der Waals surface area contributed by atoms with Crippen molar-refractivity contribution in [3.63, 3.8) is 0 Å². The maximum absolute atomic E-state index is 13.2. The van der Waals surface area contributed by atoms with Crippen LogP contribution in [0, 0.1) is 0 Å². The van der Waals surface area contributed by atoms with E-state index in [1.807, 2.05) is 30.3 Å². The van der Waals surface area contributed by atoms with Crippen molar-refractivity contribution >= 4 is 34.5 Å². The first-order chi connectivity index (χ1) is 15.9. The minimum Gasteiger partial charge on any atom is -0.497 e. The van der Waals surface area contributed by atoms with Crippen molar-refractivity contribution in [3.8, 4) is 17.2 Å². The van der Waals surface area contributed by atoms with Gasteiger partial charge in [-0.3, -0.25) is 19.3 Å². The fraction of sp³-hybridized carbons (Fsp3) is 0.304. The summed E-state index contributed by atoms with van der Waals surface area (Å²) in [5.74, 6) is 1.04. The average molecular weight is 470 g/mol. The maximum Gasteiger partial charge on any atom is 0.289 e. The molecule has 2 heterocycles. The topological polar surface area (TPSA) is 97.7 Å². The van der Waals surface area contributed by atoms with Crippen LogP contribution in [0.15, 0.2) is 47.6 Å². The van der Waals surface area contributed by atoms with Gasteiger partial charge in [-0.05, 0) is 47.5 Å². The van der Waals surface area contributed by atoms with Crippen LogP contribution in [-0.4, -0.2) is 66.3 Å². The molecular formula is C23H23N3O6S. The second kappa shape index (κ2) is 9.53. The van der Waals surface area contributed by atoms with Crippen molar-refractivity contribution < 1.29 is 28.6 Å². The molecule has 0 spiro atoms. The van der Waals surface area contributed by atoms with E-state index in [4.69, 9.17) is 14.2 Å². The highest BCUT2D eigenvalue weighted by Gasteiger charge is 2.38. The van der Waals surface area contributed by atoms with E-state index >= 15 is 0 Å². The number of methoxy groups -OCH3 is 3. The summed E-state index contributed by atoms with van der Waals surface area (Å²) in [5.41, 5.74) is 2.35. The van der Waals surface area contributed by atoms with Crippen molar-refractivity contribution in [1.29, 1.82) is 0 Å². The molecule has 1 fully saturated rings. The van der Waals surface area contributed by atoms with Gasteiger partial charge in [0.1, 0.15) is 12.3 Å². The maximum atomic E-state index is 13.2. The number of hydrogen-bond acceptors (Lipinski definition) is 8. The molecule has 2 aliphatic rings. The van der Waals surface area contributed by atoms with Gasteiger partial charge < -0.3 is 14.2 Å². The minimum atomic E-state index is -0.442. The van der Waals surface area contributed by atoms with E-state index in [0.29, 0.717) is 29.4 Å². The highest BCUT2D eigenvalue weighted by atomic mass is 32.2. The Balaban J connectivity index is 1.67. The van der Waals surface area contributed by atoms with Crippen LogP contribution in [0.5, 0.6) is 17.2 Å². The minimum absolute atomic E-state index is 0.0472. The fourth-order valence-corrected chi connectivity index (χ4v) is 4.48. The SMILES string of the molecule is COc1ccc(C2=NN(C(=O)CN3C(=O)CSC3=O)C(c3ccc(OC)c(OC)c3)C2)cc1. The van der Waals surface area contributed by atoms with Gasteiger partial charge in [0.15, 0.2) is 11.5 Å². The number of carbonyl (C=O) groups is 3. The molecule has 1 saturated heterocycles. The third-order valence-corrected chi connectivity index (χ3v) is 6.37. The van der Waals surface area contributed by atoms with Gasteiger partial charge in [-0.1, -0.05) is 17.8 Å². The first kappa shape index (κ1) is 22.7. The van der Waals surface area contributed by atoms with Crippen LogP contribution in [0.4, 0.5) is 4.79 Å². The van der Waals surface area contributed by atoms with Crippen LogP contribution in [0.3, 0.4) is 0 Å². The van der Waals surface area contributed by atoms with Crippen LogP contribution < -0.4 is 14.2 Å². The summed E-state index contributed by atoms with van der Waals surface area (Å²) in [6.45, 7) is -0.353. The first-order valence-corrected chi connectivity index (χ1v) is 11.2. The Labute approximate surface area is 195 Å². The van der Waals surface area contributed by atoms with E-state index in [-0.39, 0.29) is 18.2 Å². The van der Waals surface area contributed by atoms with Gasteiger partial charge >= 0.3 is 0 Å². The third kappa shape index (κ3) is 4.51. The molecule has 0 aromatic heterocycles. The zero-order chi connectivity index (χ0) is 23.5. The summed E-state index contributed by atoms with van der Waals surface area (Å²) in [7, 11) is 4.69. The number of hydrogen-bond donors (Lipinski definition) is 0. The predicted octanol–water partition coefficient (Wildman–Crippen LogP) is 3.09. The summed E-state index contributed by atoms with van der Waals surface area (Å²) in [6.07, 6.45) is 0.449. The van der Waals surface area contributed by atoms with Crippen LogP contribution in [-0.2, 0) is 9.59 Å². The molecule has 0 saturated carbocycles. The monoisotopic (exact) mass is 469 g/mol. The third-order valence-electron chi connectivity index (χ3n) is 5.52. The van der Waals surface area contributed by atoms with Gasteiger partial charge in [-0.2, -0.15) is 5.10 Å². The van der Waals surface area contributed by atoms with E-state index in [1.165, 1.54) is 5.01 Å². The Morgan fingerprint density at radius 1 is 1.03 bits per heavy atom. The van der Waals surface area contributed by atoms with Crippen LogP contribution in [0.2, 0.25) is 0 Å². The highest BCUT2D eigenvalue weighted by Crippen LogP contribution is 2.37. The van der Waals surface area contributed by atoms with Gasteiger partial charge in [-0.15, -0.1) is 0 Å². The van der Waals surface area contributed by atoms with Crippen LogP contribution >= 0.6 is 11.8 Å². The van der Waals surface area contributed by atoms with Crippen LogP contribution in [0.1, 0.15) is 23.6 Å². The number of ether oxygens (including phenoxy) is 3. The van der Waals surface area contributed by atoms with Crippen LogP contribution in [0.25, 0.3) is 0 Å². The Kier molecular flexibility index (Phi) is 6.55. The number of carbonyl (C=O) groups excluding carboxylic acids is 3. The molecule has 9 nitrogen and oxygen atoms in total. The van der Waals surface area contributed by atoms with Crippen molar-refractivity contribution in [2.45, 2.75) is 12.5 Å². The molecule has 2 aromatic carbocycles. The molecule has 0 aliphatic carbocycles. The lowest BCUT2D eigenvalue weighted by Gasteiger charge is -2.24. The molecule has 4 rings (SSSR count). The fourth-order valence-electron chi connectivity index (χ4n) is 3.76. The Bertz CT molecular complexity index is 1100. The molecule has 10 heteroatoms. The lowest BCUT2D eigenvalue weighted by Crippen LogP contribution is -2.40. The smallest absolute Gasteiger partial charge is 0.289 e. The lowest BCUT2D eigenvalue weighted by atomic mass is 9.98. The molecule has 172 valence electrons. The molecule has 2 aliphatic heterocycles. The molecule has 0 radical (unpaired) electrons. The summed E-state index contributed by atoms with van der Waals surface area (Å²) in [6, 6.07) is 12.4. The number of benzene rings is 2.